The van der Waals surface area contributed by atoms with Crippen molar-refractivity contribution in [3.8, 4) is 5.75 Å². The molecule has 0 atom stereocenters. The molecule has 0 aliphatic rings. The monoisotopic (exact) mass is 232 g/mol. The summed E-state index contributed by atoms with van der Waals surface area (Å²) in [6, 6.07) is 2.72. The zero-order valence-corrected chi connectivity index (χ0v) is 10.9. The zero-order chi connectivity index (χ0) is 10.1. The van der Waals surface area contributed by atoms with Crippen molar-refractivity contribution in [1.29, 1.82) is 0 Å². The van der Waals surface area contributed by atoms with Gasteiger partial charge in [0.25, 0.3) is 0 Å². The maximum atomic E-state index is 12.8. The molecule has 0 aliphatic heterocycles. The standard InChI is InChI=1S/C7H6BF4O.K/c1-13-7-5(8(10,11)12)3-2-4-6(7)9;/h2-4H,1H3;/q-1;+1. The van der Waals surface area contributed by atoms with Crippen LogP contribution in [0, 0.1) is 5.82 Å². The second-order valence-electron chi connectivity index (χ2n) is 2.44. The number of halogens is 4. The number of hydrogen-bond acceptors (Lipinski definition) is 1. The van der Waals surface area contributed by atoms with Gasteiger partial charge in [0, 0.05) is 0 Å². The van der Waals surface area contributed by atoms with E-state index in [1.807, 2.05) is 0 Å². The van der Waals surface area contributed by atoms with Crippen LogP contribution in [0.15, 0.2) is 18.2 Å². The Balaban J connectivity index is 0.00000169. The van der Waals surface area contributed by atoms with Crippen LogP contribution in [0.4, 0.5) is 17.3 Å². The number of para-hydroxylation sites is 1. The van der Waals surface area contributed by atoms with Crippen LogP contribution in [-0.2, 0) is 0 Å². The predicted octanol–water partition coefficient (Wildman–Crippen LogP) is -1.11. The van der Waals surface area contributed by atoms with E-state index < -0.39 is 24.0 Å². The molecule has 7 heteroatoms. The number of ether oxygens (including phenoxy) is 1. The molecule has 0 amide bonds. The minimum Gasteiger partial charge on any atom is -0.497 e. The average Bonchev–Trinajstić information content (AvgIpc) is 2.02. The van der Waals surface area contributed by atoms with Crippen molar-refractivity contribution in [1.82, 2.24) is 0 Å². The SMILES string of the molecule is COc1c(F)cccc1[B-](F)(F)F.[K+]. The van der Waals surface area contributed by atoms with E-state index in [2.05, 4.69) is 4.74 Å². The first-order valence-corrected chi connectivity index (χ1v) is 3.49. The summed E-state index contributed by atoms with van der Waals surface area (Å²) in [5.74, 6) is -1.74. The van der Waals surface area contributed by atoms with Crippen molar-refractivity contribution in [2.45, 2.75) is 0 Å². The van der Waals surface area contributed by atoms with Gasteiger partial charge in [0.15, 0.2) is 5.82 Å². The summed E-state index contributed by atoms with van der Waals surface area (Å²) in [5, 5.41) is 0. The number of benzene rings is 1. The molecule has 0 heterocycles. The first-order valence-electron chi connectivity index (χ1n) is 3.49. The molecule has 0 bridgehead atoms. The maximum absolute atomic E-state index is 12.8. The van der Waals surface area contributed by atoms with Crippen molar-refractivity contribution >= 4 is 12.4 Å². The van der Waals surface area contributed by atoms with Gasteiger partial charge in [-0.15, -0.1) is 0 Å². The summed E-state index contributed by atoms with van der Waals surface area (Å²) in [4.78, 5) is 0. The number of rotatable bonds is 2. The van der Waals surface area contributed by atoms with Gasteiger partial charge < -0.3 is 17.7 Å². The Morgan fingerprint density at radius 2 is 1.79 bits per heavy atom. The normalized spacial score (nSPS) is 10.6. The molecule has 0 aliphatic carbocycles. The van der Waals surface area contributed by atoms with Gasteiger partial charge in [-0.3, -0.25) is 0 Å². The molecule has 72 valence electrons. The van der Waals surface area contributed by atoms with Gasteiger partial charge >= 0.3 is 58.4 Å². The second-order valence-corrected chi connectivity index (χ2v) is 2.44. The van der Waals surface area contributed by atoms with Crippen LogP contribution in [0.25, 0.3) is 0 Å². The molecular weight excluding hydrogens is 226 g/mol. The summed E-state index contributed by atoms with van der Waals surface area (Å²) in [7, 11) is 1.00. The van der Waals surface area contributed by atoms with Gasteiger partial charge in [-0.05, 0) is 6.07 Å². The summed E-state index contributed by atoms with van der Waals surface area (Å²) in [6.07, 6.45) is 0. The maximum Gasteiger partial charge on any atom is 1.00 e. The Hall–Kier alpha value is 0.441. The number of methoxy groups -OCH3 is 1. The van der Waals surface area contributed by atoms with Gasteiger partial charge in [0.05, 0.1) is 7.11 Å². The Bertz CT molecular complexity index is 315. The van der Waals surface area contributed by atoms with Crippen LogP contribution in [-0.4, -0.2) is 14.1 Å². The third kappa shape index (κ3) is 3.23. The fourth-order valence-electron chi connectivity index (χ4n) is 0.999. The largest absolute Gasteiger partial charge is 1.00 e. The molecule has 14 heavy (non-hydrogen) atoms. The second kappa shape index (κ2) is 5.50. The van der Waals surface area contributed by atoms with E-state index >= 15 is 0 Å². The molecule has 0 saturated carbocycles. The van der Waals surface area contributed by atoms with E-state index in [4.69, 9.17) is 0 Å². The summed E-state index contributed by atoms with van der Waals surface area (Å²) < 4.78 is 53.8. The van der Waals surface area contributed by atoms with Gasteiger partial charge in [-0.1, -0.05) is 17.6 Å². The Kier molecular flexibility index (Phi) is 5.68. The fourth-order valence-corrected chi connectivity index (χ4v) is 0.999. The van der Waals surface area contributed by atoms with Crippen LogP contribution < -0.4 is 61.6 Å². The van der Waals surface area contributed by atoms with E-state index in [1.165, 1.54) is 0 Å². The summed E-state index contributed by atoms with van der Waals surface area (Å²) in [5.41, 5.74) is -1.04. The average molecular weight is 232 g/mol. The Morgan fingerprint density at radius 3 is 2.14 bits per heavy atom. The van der Waals surface area contributed by atoms with E-state index in [-0.39, 0.29) is 51.4 Å². The van der Waals surface area contributed by atoms with E-state index in [9.17, 15) is 17.3 Å². The topological polar surface area (TPSA) is 9.23 Å². The first-order chi connectivity index (χ1) is 5.96. The van der Waals surface area contributed by atoms with Gasteiger partial charge in [-0.25, -0.2) is 4.39 Å². The molecule has 0 N–H and O–H groups in total. The summed E-state index contributed by atoms with van der Waals surface area (Å²) in [6.45, 7) is -5.22. The van der Waals surface area contributed by atoms with Crippen molar-refractivity contribution in [3.63, 3.8) is 0 Å². The van der Waals surface area contributed by atoms with E-state index in [0.29, 0.717) is 0 Å². The van der Waals surface area contributed by atoms with E-state index in [1.54, 1.807) is 0 Å². The molecule has 1 nitrogen and oxygen atoms in total. The first kappa shape index (κ1) is 14.4. The molecule has 1 rings (SSSR count). The minimum absolute atomic E-state index is 0. The predicted molar refractivity (Wildman–Crippen MR) is 41.7 cm³/mol. The molecule has 1 aromatic carbocycles. The van der Waals surface area contributed by atoms with Gasteiger partial charge in [-0.2, -0.15) is 0 Å². The van der Waals surface area contributed by atoms with Crippen LogP contribution in [0.1, 0.15) is 0 Å². The van der Waals surface area contributed by atoms with Crippen molar-refractivity contribution < 1.29 is 73.5 Å². The number of hydrogen-bond donors (Lipinski definition) is 0. The molecule has 0 spiro atoms. The van der Waals surface area contributed by atoms with Gasteiger partial charge in [0.2, 0.25) is 0 Å². The van der Waals surface area contributed by atoms with Crippen molar-refractivity contribution in [3.05, 3.63) is 24.0 Å². The third-order valence-corrected chi connectivity index (χ3v) is 1.55. The van der Waals surface area contributed by atoms with Crippen molar-refractivity contribution in [2.24, 2.45) is 0 Å². The van der Waals surface area contributed by atoms with Crippen LogP contribution in [0.5, 0.6) is 5.75 Å². The summed E-state index contributed by atoms with van der Waals surface area (Å²) >= 11 is 0. The molecule has 0 unspecified atom stereocenters. The fraction of sp³-hybridized carbons (Fsp3) is 0.143. The molecular formula is C7H6BF4KO. The van der Waals surface area contributed by atoms with Crippen LogP contribution in [0.2, 0.25) is 0 Å². The molecule has 0 saturated heterocycles. The zero-order valence-electron chi connectivity index (χ0n) is 7.73. The molecule has 1 aromatic rings. The van der Waals surface area contributed by atoms with E-state index in [0.717, 1.165) is 25.3 Å². The quantitative estimate of drug-likeness (QED) is 0.464. The molecule has 0 aromatic heterocycles. The Morgan fingerprint density at radius 1 is 1.21 bits per heavy atom. The molecule has 0 radical (unpaired) electrons. The smallest absolute Gasteiger partial charge is 0.497 e. The minimum atomic E-state index is -5.22. The van der Waals surface area contributed by atoms with Crippen LogP contribution in [0.3, 0.4) is 0 Å². The third-order valence-electron chi connectivity index (χ3n) is 1.55. The van der Waals surface area contributed by atoms with Gasteiger partial charge in [0.1, 0.15) is 5.75 Å². The Labute approximate surface area is 121 Å². The molecule has 0 fully saturated rings. The van der Waals surface area contributed by atoms with Crippen LogP contribution >= 0.6 is 0 Å². The van der Waals surface area contributed by atoms with Crippen molar-refractivity contribution in [2.75, 3.05) is 7.11 Å².